The minimum Gasteiger partial charge on any atom is -0.377 e. The van der Waals surface area contributed by atoms with E-state index >= 15 is 0 Å². The van der Waals surface area contributed by atoms with Crippen LogP contribution in [0.15, 0.2) is 10.6 Å². The van der Waals surface area contributed by atoms with Crippen LogP contribution in [0.3, 0.4) is 0 Å². The Morgan fingerprint density at radius 2 is 2.45 bits per heavy atom. The molecule has 1 aliphatic heterocycles. The molecule has 6 nitrogen and oxygen atoms in total. The fourth-order valence-corrected chi connectivity index (χ4v) is 2.37. The van der Waals surface area contributed by atoms with Gasteiger partial charge in [0.25, 0.3) is 5.91 Å². The van der Waals surface area contributed by atoms with Gasteiger partial charge in [-0.3, -0.25) is 4.79 Å². The molecule has 114 valence electrons. The number of hydrogen-bond acceptors (Lipinski definition) is 5. The molecular formula is C13H22ClN3O3. The van der Waals surface area contributed by atoms with Gasteiger partial charge in [0.15, 0.2) is 11.5 Å². The number of amides is 1. The Balaban J connectivity index is 0.00000200. The molecule has 1 N–H and O–H groups in total. The Labute approximate surface area is 125 Å². The molecule has 1 unspecified atom stereocenters. The minimum absolute atomic E-state index is 0. The van der Waals surface area contributed by atoms with E-state index < -0.39 is 0 Å². The first-order valence-electron chi connectivity index (χ1n) is 6.72. The normalized spacial score (nSPS) is 17.8. The average Bonchev–Trinajstić information content (AvgIpc) is 3.06. The molecule has 0 aromatic carbocycles. The lowest BCUT2D eigenvalue weighted by atomic mass is 10.2. The van der Waals surface area contributed by atoms with Crippen LogP contribution in [-0.4, -0.2) is 48.7 Å². The number of nitrogens with one attached hydrogen (secondary N) is 1. The van der Waals surface area contributed by atoms with Crippen molar-refractivity contribution in [3.63, 3.8) is 0 Å². The summed E-state index contributed by atoms with van der Waals surface area (Å²) < 4.78 is 10.0. The zero-order valence-electron chi connectivity index (χ0n) is 11.9. The van der Waals surface area contributed by atoms with Crippen LogP contribution in [0, 0.1) is 0 Å². The molecule has 0 bridgehead atoms. The topological polar surface area (TPSA) is 67.6 Å². The van der Waals surface area contributed by atoms with Gasteiger partial charge in [-0.1, -0.05) is 12.1 Å². The van der Waals surface area contributed by atoms with Gasteiger partial charge in [0, 0.05) is 32.3 Å². The Morgan fingerprint density at radius 3 is 3.05 bits per heavy atom. The second-order valence-electron chi connectivity index (χ2n) is 4.76. The van der Waals surface area contributed by atoms with Crippen molar-refractivity contribution in [1.82, 2.24) is 15.4 Å². The maximum absolute atomic E-state index is 12.5. The zero-order chi connectivity index (χ0) is 13.7. The van der Waals surface area contributed by atoms with Crippen molar-refractivity contribution in [2.75, 3.05) is 26.7 Å². The lowest BCUT2D eigenvalue weighted by Crippen LogP contribution is -2.42. The molecule has 2 heterocycles. The summed E-state index contributed by atoms with van der Waals surface area (Å²) in [4.78, 5) is 14.4. The number of carbonyl (C=O) groups is 1. The van der Waals surface area contributed by atoms with Gasteiger partial charge in [-0.05, 0) is 19.4 Å². The molecule has 20 heavy (non-hydrogen) atoms. The molecule has 1 aliphatic rings. The van der Waals surface area contributed by atoms with Gasteiger partial charge in [0.1, 0.15) is 6.61 Å². The molecule has 0 saturated carbocycles. The van der Waals surface area contributed by atoms with Gasteiger partial charge in [-0.2, -0.15) is 0 Å². The molecular weight excluding hydrogens is 282 g/mol. The number of ether oxygens (including phenoxy) is 1. The van der Waals surface area contributed by atoms with Gasteiger partial charge in [0.05, 0.1) is 0 Å². The summed E-state index contributed by atoms with van der Waals surface area (Å²) in [5, 5.41) is 7.13. The molecule has 1 aromatic heterocycles. The number of aromatic nitrogens is 1. The quantitative estimate of drug-likeness (QED) is 0.861. The monoisotopic (exact) mass is 303 g/mol. The van der Waals surface area contributed by atoms with Gasteiger partial charge in [-0.15, -0.1) is 12.4 Å². The highest BCUT2D eigenvalue weighted by Crippen LogP contribution is 2.14. The molecule has 0 radical (unpaired) electrons. The van der Waals surface area contributed by atoms with E-state index in [0.717, 1.165) is 32.5 Å². The predicted octanol–water partition coefficient (Wildman–Crippen LogP) is 1.46. The van der Waals surface area contributed by atoms with E-state index in [0.29, 0.717) is 18.1 Å². The first-order chi connectivity index (χ1) is 9.26. The van der Waals surface area contributed by atoms with E-state index in [-0.39, 0.29) is 24.4 Å². The third kappa shape index (κ3) is 3.94. The van der Waals surface area contributed by atoms with Crippen molar-refractivity contribution >= 4 is 18.3 Å². The van der Waals surface area contributed by atoms with Crippen LogP contribution in [0.2, 0.25) is 0 Å². The number of methoxy groups -OCH3 is 1. The van der Waals surface area contributed by atoms with Crippen LogP contribution in [0.4, 0.5) is 0 Å². The van der Waals surface area contributed by atoms with Crippen molar-refractivity contribution in [2.45, 2.75) is 32.4 Å². The molecule has 0 spiro atoms. The average molecular weight is 304 g/mol. The predicted molar refractivity (Wildman–Crippen MR) is 77.1 cm³/mol. The minimum atomic E-state index is -0.0540. The second-order valence-corrected chi connectivity index (χ2v) is 4.76. The zero-order valence-corrected chi connectivity index (χ0v) is 12.7. The van der Waals surface area contributed by atoms with Crippen LogP contribution in [0.1, 0.15) is 36.0 Å². The molecule has 1 fully saturated rings. The van der Waals surface area contributed by atoms with Crippen molar-refractivity contribution in [1.29, 1.82) is 0 Å². The number of carbonyl (C=O) groups excluding carboxylic acids is 1. The Kier molecular flexibility index (Phi) is 6.98. The number of hydrogen-bond donors (Lipinski definition) is 1. The van der Waals surface area contributed by atoms with Crippen LogP contribution in [0.5, 0.6) is 0 Å². The SMILES string of the molecule is CCCN(C(=O)c1cc(COC)on1)C1CCNC1.Cl. The largest absolute Gasteiger partial charge is 0.377 e. The van der Waals surface area contributed by atoms with E-state index in [9.17, 15) is 4.79 Å². The molecule has 1 atom stereocenters. The summed E-state index contributed by atoms with van der Waals surface area (Å²) >= 11 is 0. The second kappa shape index (κ2) is 8.24. The molecule has 2 rings (SSSR count). The van der Waals surface area contributed by atoms with Crippen molar-refractivity contribution in [2.24, 2.45) is 0 Å². The molecule has 0 aliphatic carbocycles. The van der Waals surface area contributed by atoms with Crippen LogP contribution >= 0.6 is 12.4 Å². The Morgan fingerprint density at radius 1 is 1.65 bits per heavy atom. The standard InChI is InChI=1S/C13H21N3O3.ClH/c1-3-6-16(10-4-5-14-8-10)13(17)12-7-11(9-18-2)19-15-12;/h7,10,14H,3-6,8-9H2,1-2H3;1H. The molecule has 1 saturated heterocycles. The van der Waals surface area contributed by atoms with Gasteiger partial charge < -0.3 is 19.5 Å². The fourth-order valence-electron chi connectivity index (χ4n) is 2.37. The summed E-state index contributed by atoms with van der Waals surface area (Å²) in [6.07, 6.45) is 1.93. The smallest absolute Gasteiger partial charge is 0.276 e. The van der Waals surface area contributed by atoms with Crippen LogP contribution in [0.25, 0.3) is 0 Å². The van der Waals surface area contributed by atoms with Gasteiger partial charge in [0.2, 0.25) is 0 Å². The third-order valence-corrected chi connectivity index (χ3v) is 3.27. The van der Waals surface area contributed by atoms with E-state index in [4.69, 9.17) is 9.26 Å². The molecule has 1 aromatic rings. The van der Waals surface area contributed by atoms with Crippen molar-refractivity contribution in [3.8, 4) is 0 Å². The van der Waals surface area contributed by atoms with Gasteiger partial charge >= 0.3 is 0 Å². The van der Waals surface area contributed by atoms with E-state index in [1.54, 1.807) is 13.2 Å². The Bertz CT molecular complexity index is 419. The molecule has 1 amide bonds. The van der Waals surface area contributed by atoms with Gasteiger partial charge in [-0.25, -0.2) is 0 Å². The highest BCUT2D eigenvalue weighted by atomic mass is 35.5. The maximum atomic E-state index is 12.5. The summed E-state index contributed by atoms with van der Waals surface area (Å²) in [6.45, 7) is 4.97. The first kappa shape index (κ1) is 16.9. The van der Waals surface area contributed by atoms with Crippen molar-refractivity contribution in [3.05, 3.63) is 17.5 Å². The van der Waals surface area contributed by atoms with Crippen LogP contribution < -0.4 is 5.32 Å². The molecule has 7 heteroatoms. The third-order valence-electron chi connectivity index (χ3n) is 3.27. The van der Waals surface area contributed by atoms with E-state index in [1.807, 2.05) is 4.90 Å². The maximum Gasteiger partial charge on any atom is 0.276 e. The summed E-state index contributed by atoms with van der Waals surface area (Å²) in [5.41, 5.74) is 0.368. The van der Waals surface area contributed by atoms with Crippen molar-refractivity contribution < 1.29 is 14.1 Å². The number of rotatable bonds is 6. The van der Waals surface area contributed by atoms with E-state index in [2.05, 4.69) is 17.4 Å². The van der Waals surface area contributed by atoms with Crippen LogP contribution in [-0.2, 0) is 11.3 Å². The summed E-state index contributed by atoms with van der Waals surface area (Å²) in [5.74, 6) is 0.522. The first-order valence-corrected chi connectivity index (χ1v) is 6.72. The highest BCUT2D eigenvalue weighted by molar-refractivity contribution is 5.92. The summed E-state index contributed by atoms with van der Waals surface area (Å²) in [7, 11) is 1.58. The Hall–Kier alpha value is -1.11. The highest BCUT2D eigenvalue weighted by Gasteiger charge is 2.28. The fraction of sp³-hybridized carbons (Fsp3) is 0.692. The summed E-state index contributed by atoms with van der Waals surface area (Å²) in [6, 6.07) is 1.92. The lowest BCUT2D eigenvalue weighted by molar-refractivity contribution is 0.0681. The van der Waals surface area contributed by atoms with E-state index in [1.165, 1.54) is 0 Å². The number of nitrogens with zero attached hydrogens (tertiary/aromatic N) is 2. The lowest BCUT2D eigenvalue weighted by Gasteiger charge is -2.27. The number of halogens is 1.